The lowest BCUT2D eigenvalue weighted by Gasteiger charge is -2.38. The van der Waals surface area contributed by atoms with Crippen LogP contribution in [0.2, 0.25) is 0 Å². The van der Waals surface area contributed by atoms with Crippen molar-refractivity contribution < 1.29 is 9.90 Å². The number of hydrogen-bond acceptors (Lipinski definition) is 3. The smallest absolute Gasteiger partial charge is 0.251 e. The number of nitrogens with one attached hydrogen (secondary N) is 1. The van der Waals surface area contributed by atoms with Crippen molar-refractivity contribution in [2.24, 2.45) is 11.1 Å². The van der Waals surface area contributed by atoms with Crippen molar-refractivity contribution in [1.29, 1.82) is 0 Å². The van der Waals surface area contributed by atoms with E-state index in [1.807, 2.05) is 12.1 Å². The second-order valence-electron chi connectivity index (χ2n) is 6.00. The molecule has 20 heavy (non-hydrogen) atoms. The quantitative estimate of drug-likeness (QED) is 0.785. The van der Waals surface area contributed by atoms with Gasteiger partial charge < -0.3 is 16.2 Å². The molecule has 1 amide bonds. The largest absolute Gasteiger partial charge is 0.392 e. The normalized spacial score (nSPS) is 26.2. The Morgan fingerprint density at radius 1 is 1.40 bits per heavy atom. The van der Waals surface area contributed by atoms with Crippen LogP contribution in [0.25, 0.3) is 0 Å². The van der Waals surface area contributed by atoms with Gasteiger partial charge in [0.15, 0.2) is 0 Å². The molecule has 0 spiro atoms. The van der Waals surface area contributed by atoms with E-state index < -0.39 is 0 Å². The summed E-state index contributed by atoms with van der Waals surface area (Å²) < 4.78 is 0. The Kier molecular flexibility index (Phi) is 4.78. The van der Waals surface area contributed by atoms with Gasteiger partial charge in [0.1, 0.15) is 0 Å². The maximum absolute atomic E-state index is 12.1. The molecule has 0 saturated heterocycles. The minimum atomic E-state index is -0.323. The van der Waals surface area contributed by atoms with E-state index in [2.05, 4.69) is 12.2 Å². The highest BCUT2D eigenvalue weighted by atomic mass is 16.3. The molecule has 1 aromatic carbocycles. The molecule has 1 aromatic rings. The first-order chi connectivity index (χ1) is 9.55. The predicted molar refractivity (Wildman–Crippen MR) is 79.2 cm³/mol. The minimum Gasteiger partial charge on any atom is -0.392 e. The van der Waals surface area contributed by atoms with Gasteiger partial charge in [-0.15, -0.1) is 0 Å². The molecule has 0 bridgehead atoms. The van der Waals surface area contributed by atoms with E-state index in [4.69, 9.17) is 5.73 Å². The number of benzene rings is 1. The van der Waals surface area contributed by atoms with Crippen LogP contribution in [0.4, 0.5) is 0 Å². The first kappa shape index (κ1) is 15.0. The topological polar surface area (TPSA) is 75.4 Å². The van der Waals surface area contributed by atoms with Gasteiger partial charge >= 0.3 is 0 Å². The van der Waals surface area contributed by atoms with Gasteiger partial charge in [-0.3, -0.25) is 4.79 Å². The summed E-state index contributed by atoms with van der Waals surface area (Å²) in [6.45, 7) is 3.05. The molecule has 2 unspecified atom stereocenters. The molecule has 1 aliphatic rings. The van der Waals surface area contributed by atoms with Crippen molar-refractivity contribution in [3.63, 3.8) is 0 Å². The number of carbonyl (C=O) groups is 1. The van der Waals surface area contributed by atoms with Gasteiger partial charge in [-0.25, -0.2) is 0 Å². The Bertz CT molecular complexity index is 458. The van der Waals surface area contributed by atoms with E-state index in [-0.39, 0.29) is 17.4 Å². The molecule has 2 atom stereocenters. The summed E-state index contributed by atoms with van der Waals surface area (Å²) in [6, 6.07) is 7.31. The molecule has 0 radical (unpaired) electrons. The lowest BCUT2D eigenvalue weighted by Crippen LogP contribution is -2.45. The van der Waals surface area contributed by atoms with Crippen molar-refractivity contribution in [1.82, 2.24) is 5.32 Å². The molecule has 0 aliphatic heterocycles. The molecule has 0 aromatic heterocycles. The molecule has 4 N–H and O–H groups in total. The monoisotopic (exact) mass is 276 g/mol. The van der Waals surface area contributed by atoms with Crippen LogP contribution in [-0.4, -0.2) is 23.7 Å². The van der Waals surface area contributed by atoms with E-state index in [9.17, 15) is 9.90 Å². The number of hydrogen-bond donors (Lipinski definition) is 3. The lowest BCUT2D eigenvalue weighted by molar-refractivity contribution is 0.00190. The van der Waals surface area contributed by atoms with Gasteiger partial charge in [-0.1, -0.05) is 31.9 Å². The third-order valence-corrected chi connectivity index (χ3v) is 4.38. The second kappa shape index (κ2) is 6.37. The van der Waals surface area contributed by atoms with Crippen LogP contribution < -0.4 is 11.1 Å². The molecule has 1 saturated carbocycles. The van der Waals surface area contributed by atoms with E-state index >= 15 is 0 Å². The summed E-state index contributed by atoms with van der Waals surface area (Å²) in [5.74, 6) is -0.0902. The summed E-state index contributed by atoms with van der Waals surface area (Å²) in [6.07, 6.45) is 3.66. The predicted octanol–water partition coefficient (Wildman–Crippen LogP) is 1.82. The zero-order valence-electron chi connectivity index (χ0n) is 12.1. The summed E-state index contributed by atoms with van der Waals surface area (Å²) >= 11 is 0. The third kappa shape index (κ3) is 3.38. The Morgan fingerprint density at radius 3 is 2.70 bits per heavy atom. The molecule has 0 heterocycles. The fourth-order valence-corrected chi connectivity index (χ4v) is 2.76. The Hall–Kier alpha value is -1.39. The fourth-order valence-electron chi connectivity index (χ4n) is 2.76. The number of aliphatic hydroxyl groups excluding tert-OH is 1. The number of nitrogens with two attached hydrogens (primary N) is 1. The van der Waals surface area contributed by atoms with Gasteiger partial charge in [-0.2, -0.15) is 0 Å². The standard InChI is InChI=1S/C16H24N2O2/c1-16(9-3-2-4-14(16)19)11-18-15(20)13-7-5-12(10-17)6-8-13/h5-8,14,19H,2-4,9-11,17H2,1H3,(H,18,20). The highest BCUT2D eigenvalue weighted by Gasteiger charge is 2.35. The summed E-state index contributed by atoms with van der Waals surface area (Å²) in [5, 5.41) is 13.1. The Morgan fingerprint density at radius 2 is 2.10 bits per heavy atom. The van der Waals surface area contributed by atoms with Gasteiger partial charge in [-0.05, 0) is 30.5 Å². The molecule has 1 fully saturated rings. The molecular formula is C16H24N2O2. The molecule has 110 valence electrons. The van der Waals surface area contributed by atoms with Crippen LogP contribution in [-0.2, 0) is 6.54 Å². The number of carbonyl (C=O) groups excluding carboxylic acids is 1. The second-order valence-corrected chi connectivity index (χ2v) is 6.00. The number of amides is 1. The van der Waals surface area contributed by atoms with Crippen LogP contribution in [0.15, 0.2) is 24.3 Å². The van der Waals surface area contributed by atoms with Crippen LogP contribution in [0.5, 0.6) is 0 Å². The minimum absolute atomic E-state index is 0.0902. The lowest BCUT2D eigenvalue weighted by atomic mass is 9.73. The summed E-state index contributed by atoms with van der Waals surface area (Å²) in [7, 11) is 0. The molecule has 4 heteroatoms. The SMILES string of the molecule is CC1(CNC(=O)c2ccc(CN)cc2)CCCCC1O. The van der Waals surface area contributed by atoms with E-state index in [1.54, 1.807) is 12.1 Å². The first-order valence-corrected chi connectivity index (χ1v) is 7.30. The van der Waals surface area contributed by atoms with Gasteiger partial charge in [0.2, 0.25) is 0 Å². The van der Waals surface area contributed by atoms with Gasteiger partial charge in [0.25, 0.3) is 5.91 Å². The van der Waals surface area contributed by atoms with Crippen molar-refractivity contribution in [3.8, 4) is 0 Å². The maximum Gasteiger partial charge on any atom is 0.251 e. The Labute approximate surface area is 120 Å². The van der Waals surface area contributed by atoms with Crippen molar-refractivity contribution in [2.45, 2.75) is 45.3 Å². The van der Waals surface area contributed by atoms with E-state index in [0.29, 0.717) is 18.7 Å². The highest BCUT2D eigenvalue weighted by Crippen LogP contribution is 2.35. The highest BCUT2D eigenvalue weighted by molar-refractivity contribution is 5.94. The van der Waals surface area contributed by atoms with Crippen LogP contribution in [0.3, 0.4) is 0 Å². The van der Waals surface area contributed by atoms with Gasteiger partial charge in [0.05, 0.1) is 6.10 Å². The van der Waals surface area contributed by atoms with Crippen LogP contribution in [0.1, 0.15) is 48.5 Å². The molecule has 1 aliphatic carbocycles. The zero-order chi connectivity index (χ0) is 14.6. The number of rotatable bonds is 4. The van der Waals surface area contributed by atoms with Gasteiger partial charge in [0, 0.05) is 24.1 Å². The first-order valence-electron chi connectivity index (χ1n) is 7.30. The van der Waals surface area contributed by atoms with Crippen molar-refractivity contribution >= 4 is 5.91 Å². The molecule has 4 nitrogen and oxygen atoms in total. The average molecular weight is 276 g/mol. The van der Waals surface area contributed by atoms with Crippen molar-refractivity contribution in [2.75, 3.05) is 6.54 Å². The molecule has 2 rings (SSSR count). The van der Waals surface area contributed by atoms with Crippen molar-refractivity contribution in [3.05, 3.63) is 35.4 Å². The molecular weight excluding hydrogens is 252 g/mol. The fraction of sp³-hybridized carbons (Fsp3) is 0.562. The van der Waals surface area contributed by atoms with E-state index in [0.717, 1.165) is 31.2 Å². The van der Waals surface area contributed by atoms with E-state index in [1.165, 1.54) is 0 Å². The number of aliphatic hydroxyl groups is 1. The summed E-state index contributed by atoms with van der Waals surface area (Å²) in [4.78, 5) is 12.1. The van der Waals surface area contributed by atoms with Crippen LogP contribution in [0, 0.1) is 5.41 Å². The average Bonchev–Trinajstić information content (AvgIpc) is 2.48. The third-order valence-electron chi connectivity index (χ3n) is 4.38. The zero-order valence-corrected chi connectivity index (χ0v) is 12.1. The van der Waals surface area contributed by atoms with Crippen LogP contribution >= 0.6 is 0 Å². The summed E-state index contributed by atoms with van der Waals surface area (Å²) in [5.41, 5.74) is 6.98. The maximum atomic E-state index is 12.1. The Balaban J connectivity index is 1.93.